The summed E-state index contributed by atoms with van der Waals surface area (Å²) in [4.78, 5) is 32.9. The Morgan fingerprint density at radius 2 is 1.61 bits per heavy atom. The smallest absolute Gasteiger partial charge is 0.317 e. The molecule has 1 saturated heterocycles. The number of hydrogen-bond acceptors (Lipinski definition) is 4. The zero-order chi connectivity index (χ0) is 27.0. The Balaban J connectivity index is 1.42. The number of carbonyl (C=O) groups is 2. The third kappa shape index (κ3) is 11.0. The number of piperazine rings is 1. The first-order valence-electron chi connectivity index (χ1n) is 14.0. The maximum atomic E-state index is 13.4. The molecule has 6 nitrogen and oxygen atoms in total. The first-order valence-corrected chi connectivity index (χ1v) is 15.0. The average Bonchev–Trinajstić information content (AvgIpc) is 2.95. The molecule has 2 aromatic carbocycles. The Kier molecular flexibility index (Phi) is 13.5. The number of halogens is 1. The Labute approximate surface area is 231 Å². The number of benzene rings is 2. The number of unbranched alkanes of at least 4 members (excludes halogenated alkanes) is 5. The van der Waals surface area contributed by atoms with E-state index < -0.39 is 0 Å². The minimum Gasteiger partial charge on any atom is -0.339 e. The largest absolute Gasteiger partial charge is 0.339 e. The highest BCUT2D eigenvalue weighted by atomic mass is 32.2. The third-order valence-corrected chi connectivity index (χ3v) is 7.89. The van der Waals surface area contributed by atoms with Crippen LogP contribution in [0.2, 0.25) is 0 Å². The second-order valence-electron chi connectivity index (χ2n) is 9.87. The van der Waals surface area contributed by atoms with Crippen LogP contribution in [0.25, 0.3) is 0 Å². The summed E-state index contributed by atoms with van der Waals surface area (Å²) in [5.74, 6) is 0.349. The maximum Gasteiger partial charge on any atom is 0.317 e. The number of hydrogen-bond donors (Lipinski definition) is 1. The van der Waals surface area contributed by atoms with Gasteiger partial charge in [0.15, 0.2) is 0 Å². The molecule has 0 aliphatic carbocycles. The van der Waals surface area contributed by atoms with Crippen LogP contribution in [0.4, 0.5) is 9.18 Å². The summed E-state index contributed by atoms with van der Waals surface area (Å²) in [5.41, 5.74) is 0.910. The average molecular weight is 543 g/mol. The van der Waals surface area contributed by atoms with E-state index in [1.54, 1.807) is 23.9 Å². The SMILES string of the molecule is CCCCCCCCNC(=O)N(CCN1CCN(C(=O)CSc2ccccc2)CC1)Cc1ccc(F)cc1. The summed E-state index contributed by atoms with van der Waals surface area (Å²) in [7, 11) is 0. The second kappa shape index (κ2) is 17.1. The van der Waals surface area contributed by atoms with Crippen LogP contribution in [-0.4, -0.2) is 78.2 Å². The van der Waals surface area contributed by atoms with Gasteiger partial charge in [0.1, 0.15) is 5.82 Å². The molecule has 208 valence electrons. The van der Waals surface area contributed by atoms with Gasteiger partial charge in [-0.05, 0) is 36.2 Å². The highest BCUT2D eigenvalue weighted by Gasteiger charge is 2.22. The van der Waals surface area contributed by atoms with E-state index in [9.17, 15) is 14.0 Å². The van der Waals surface area contributed by atoms with Crippen molar-refractivity contribution >= 4 is 23.7 Å². The van der Waals surface area contributed by atoms with E-state index in [4.69, 9.17) is 0 Å². The minimum atomic E-state index is -0.276. The molecule has 2 aromatic rings. The quantitative estimate of drug-likeness (QED) is 0.234. The number of nitrogens with one attached hydrogen (secondary N) is 1. The van der Waals surface area contributed by atoms with E-state index in [-0.39, 0.29) is 17.8 Å². The fourth-order valence-electron chi connectivity index (χ4n) is 4.51. The van der Waals surface area contributed by atoms with Crippen molar-refractivity contribution in [2.24, 2.45) is 0 Å². The molecule has 3 amide bonds. The molecule has 8 heteroatoms. The molecule has 0 spiro atoms. The lowest BCUT2D eigenvalue weighted by Crippen LogP contribution is -2.51. The van der Waals surface area contributed by atoms with Crippen molar-refractivity contribution in [3.8, 4) is 0 Å². The number of thioether (sulfide) groups is 1. The van der Waals surface area contributed by atoms with E-state index in [1.807, 2.05) is 40.1 Å². The van der Waals surface area contributed by atoms with E-state index in [0.29, 0.717) is 38.5 Å². The van der Waals surface area contributed by atoms with Crippen molar-refractivity contribution < 1.29 is 14.0 Å². The van der Waals surface area contributed by atoms with E-state index in [0.717, 1.165) is 42.9 Å². The molecule has 1 aliphatic rings. The van der Waals surface area contributed by atoms with Gasteiger partial charge in [-0.3, -0.25) is 9.69 Å². The van der Waals surface area contributed by atoms with E-state index in [2.05, 4.69) is 17.1 Å². The fourth-order valence-corrected chi connectivity index (χ4v) is 5.33. The zero-order valence-electron chi connectivity index (χ0n) is 22.7. The lowest BCUT2D eigenvalue weighted by molar-refractivity contribution is -0.130. The predicted octanol–water partition coefficient (Wildman–Crippen LogP) is 5.63. The van der Waals surface area contributed by atoms with Crippen LogP contribution in [0, 0.1) is 5.82 Å². The molecule has 0 bridgehead atoms. The minimum absolute atomic E-state index is 0.0744. The Morgan fingerprint density at radius 1 is 0.921 bits per heavy atom. The number of nitrogens with zero attached hydrogens (tertiary/aromatic N) is 3. The van der Waals surface area contributed by atoms with Crippen LogP contribution < -0.4 is 5.32 Å². The Hall–Kier alpha value is -2.58. The molecule has 0 radical (unpaired) electrons. The topological polar surface area (TPSA) is 55.9 Å². The maximum absolute atomic E-state index is 13.4. The third-order valence-electron chi connectivity index (χ3n) is 6.90. The van der Waals surface area contributed by atoms with Crippen molar-refractivity contribution in [2.45, 2.75) is 56.9 Å². The predicted molar refractivity (Wildman–Crippen MR) is 154 cm³/mol. The lowest BCUT2D eigenvalue weighted by atomic mass is 10.1. The van der Waals surface area contributed by atoms with Gasteiger partial charge in [0.2, 0.25) is 5.91 Å². The van der Waals surface area contributed by atoms with Gasteiger partial charge in [-0.1, -0.05) is 69.4 Å². The van der Waals surface area contributed by atoms with Gasteiger partial charge in [-0.15, -0.1) is 11.8 Å². The van der Waals surface area contributed by atoms with Crippen molar-refractivity contribution in [3.63, 3.8) is 0 Å². The van der Waals surface area contributed by atoms with Crippen LogP contribution in [0.3, 0.4) is 0 Å². The van der Waals surface area contributed by atoms with E-state index in [1.165, 1.54) is 37.8 Å². The molecule has 1 aliphatic heterocycles. The lowest BCUT2D eigenvalue weighted by Gasteiger charge is -2.36. The molecule has 38 heavy (non-hydrogen) atoms. The summed E-state index contributed by atoms with van der Waals surface area (Å²) in [6.07, 6.45) is 7.08. The van der Waals surface area contributed by atoms with Crippen molar-refractivity contribution in [1.82, 2.24) is 20.0 Å². The standard InChI is InChI=1S/C30H43FN4O2S/c1-2-3-4-5-6-10-17-32-30(37)35(24-26-13-15-27(31)16-14-26)23-20-33-18-21-34(22-19-33)29(36)25-38-28-11-8-7-9-12-28/h7-9,11-16H,2-6,10,17-25H2,1H3,(H,32,37). The molecule has 0 unspecified atom stereocenters. The van der Waals surface area contributed by atoms with Crippen LogP contribution in [0.1, 0.15) is 51.0 Å². The monoisotopic (exact) mass is 542 g/mol. The van der Waals surface area contributed by atoms with Gasteiger partial charge in [0.25, 0.3) is 0 Å². The number of urea groups is 1. The number of rotatable bonds is 15. The van der Waals surface area contributed by atoms with Gasteiger partial charge < -0.3 is 15.1 Å². The molecule has 1 fully saturated rings. The fraction of sp³-hybridized carbons (Fsp3) is 0.533. The second-order valence-corrected chi connectivity index (χ2v) is 10.9. The Morgan fingerprint density at radius 3 is 2.32 bits per heavy atom. The van der Waals surface area contributed by atoms with Crippen LogP contribution in [0.15, 0.2) is 59.5 Å². The first-order chi connectivity index (χ1) is 18.5. The normalized spacial score (nSPS) is 13.9. The molecular formula is C30H43FN4O2S. The molecule has 1 N–H and O–H groups in total. The highest BCUT2D eigenvalue weighted by Crippen LogP contribution is 2.18. The van der Waals surface area contributed by atoms with E-state index >= 15 is 0 Å². The van der Waals surface area contributed by atoms with Crippen molar-refractivity contribution in [2.75, 3.05) is 51.6 Å². The molecule has 3 rings (SSSR count). The molecular weight excluding hydrogens is 499 g/mol. The molecule has 1 heterocycles. The van der Waals surface area contributed by atoms with Crippen LogP contribution in [0.5, 0.6) is 0 Å². The molecule has 0 aromatic heterocycles. The van der Waals surface area contributed by atoms with Crippen LogP contribution in [-0.2, 0) is 11.3 Å². The highest BCUT2D eigenvalue weighted by molar-refractivity contribution is 8.00. The molecule has 0 saturated carbocycles. The van der Waals surface area contributed by atoms with Gasteiger partial charge in [0.05, 0.1) is 5.75 Å². The number of amides is 3. The summed E-state index contributed by atoms with van der Waals surface area (Å²) in [6.45, 7) is 7.65. The van der Waals surface area contributed by atoms with Gasteiger partial charge in [-0.25, -0.2) is 9.18 Å². The summed E-state index contributed by atoms with van der Waals surface area (Å²) in [5, 5.41) is 3.08. The van der Waals surface area contributed by atoms with Crippen LogP contribution >= 0.6 is 11.8 Å². The zero-order valence-corrected chi connectivity index (χ0v) is 23.6. The summed E-state index contributed by atoms with van der Waals surface area (Å²) < 4.78 is 13.4. The summed E-state index contributed by atoms with van der Waals surface area (Å²) >= 11 is 1.58. The van der Waals surface area contributed by atoms with Gasteiger partial charge in [-0.2, -0.15) is 0 Å². The number of carbonyl (C=O) groups excluding carboxylic acids is 2. The van der Waals surface area contributed by atoms with Crippen molar-refractivity contribution in [3.05, 3.63) is 66.0 Å². The van der Waals surface area contributed by atoms with Gasteiger partial charge >= 0.3 is 6.03 Å². The van der Waals surface area contributed by atoms with Gasteiger partial charge in [0, 0.05) is 57.3 Å². The first kappa shape index (κ1) is 30.0. The van der Waals surface area contributed by atoms with Crippen molar-refractivity contribution in [1.29, 1.82) is 0 Å². The Bertz CT molecular complexity index is 952. The summed E-state index contributed by atoms with van der Waals surface area (Å²) in [6, 6.07) is 16.3. The molecule has 0 atom stereocenters.